The minimum Gasteiger partial charge on any atom is -0.478 e. The average molecular weight is 483 g/mol. The first-order valence-electron chi connectivity index (χ1n) is 14.0. The van der Waals surface area contributed by atoms with Crippen LogP contribution < -0.4 is 0 Å². The molecule has 0 amide bonds. The van der Waals surface area contributed by atoms with E-state index in [1.807, 2.05) is 6.92 Å². The molecule has 1 saturated heterocycles. The highest BCUT2D eigenvalue weighted by atomic mass is 16.6. The van der Waals surface area contributed by atoms with Gasteiger partial charge < -0.3 is 14.9 Å². The van der Waals surface area contributed by atoms with Crippen LogP contribution in [0.25, 0.3) is 0 Å². The molecule has 5 aliphatic carbocycles. The molecule has 0 unspecified atom stereocenters. The number of hydrogen-bond acceptors (Lipinski definition) is 4. The van der Waals surface area contributed by atoms with Gasteiger partial charge in [0.2, 0.25) is 0 Å². The zero-order chi connectivity index (χ0) is 25.1. The number of aliphatic carboxylic acids is 1. The standard InChI is InChI=1S/C30H42O5/c1-16-6-9-21-13-30(22(16)10-11-27(30,5)34)35-26(33)29(21)15-28-14-24(29)19(4)23(28)12-20(8-7-17(28)2)18(3)25(31)32/h16-17,20-22,24,34H,3,6-15H2,1-2,4-5H3,(H,31,32)/t16-,17-,20+,21+,22-,24+,27-,28+,29+,30+/m0/s1. The number of fused-ring (bicyclic) bond motifs is 4. The minimum absolute atomic E-state index is 0.0239. The molecule has 5 nitrogen and oxygen atoms in total. The van der Waals surface area contributed by atoms with Crippen LogP contribution in [0.3, 0.4) is 0 Å². The molecule has 3 spiro atoms. The van der Waals surface area contributed by atoms with Crippen molar-refractivity contribution < 1.29 is 24.5 Å². The molecule has 10 atom stereocenters. The average Bonchev–Trinajstić information content (AvgIpc) is 3.30. The predicted octanol–water partition coefficient (Wildman–Crippen LogP) is 5.67. The molecule has 5 fully saturated rings. The van der Waals surface area contributed by atoms with Crippen molar-refractivity contribution in [2.75, 3.05) is 0 Å². The molecule has 0 aromatic carbocycles. The van der Waals surface area contributed by atoms with E-state index in [9.17, 15) is 19.8 Å². The second-order valence-electron chi connectivity index (χ2n) is 13.7. The van der Waals surface area contributed by atoms with Gasteiger partial charge in [0.1, 0.15) is 11.2 Å². The molecule has 35 heavy (non-hydrogen) atoms. The Labute approximate surface area is 209 Å². The van der Waals surface area contributed by atoms with Crippen LogP contribution in [0.5, 0.6) is 0 Å². The monoisotopic (exact) mass is 482 g/mol. The van der Waals surface area contributed by atoms with E-state index in [1.54, 1.807) is 0 Å². The lowest BCUT2D eigenvalue weighted by molar-refractivity contribution is -0.237. The first-order chi connectivity index (χ1) is 16.4. The maximum absolute atomic E-state index is 14.3. The van der Waals surface area contributed by atoms with Crippen LogP contribution in [0.15, 0.2) is 23.3 Å². The quantitative estimate of drug-likeness (QED) is 0.301. The second kappa shape index (κ2) is 7.24. The van der Waals surface area contributed by atoms with Gasteiger partial charge in [-0.25, -0.2) is 4.79 Å². The summed E-state index contributed by atoms with van der Waals surface area (Å²) in [6, 6.07) is 0. The lowest BCUT2D eigenvalue weighted by Gasteiger charge is -2.55. The van der Waals surface area contributed by atoms with E-state index in [-0.39, 0.29) is 35.1 Å². The number of rotatable bonds is 2. The minimum atomic E-state index is -0.961. The second-order valence-corrected chi connectivity index (χ2v) is 13.7. The molecule has 4 bridgehead atoms. The SMILES string of the molecule is C=C(C(=O)O)[C@@H]1CC[C@H](C)[C@]23C[C@H](C(C)=C2C1)[C@]1(C3)C(=O)O[C@]23C[C@H]1CC[C@H](C)[C@@H]2CC[C@]3(C)O. The Hall–Kier alpha value is -1.62. The fourth-order valence-corrected chi connectivity index (χ4v) is 10.5. The molecule has 1 aliphatic heterocycles. The zero-order valence-electron chi connectivity index (χ0n) is 21.9. The molecule has 0 aromatic rings. The number of ether oxygens (including phenoxy) is 1. The van der Waals surface area contributed by atoms with E-state index in [1.165, 1.54) is 11.1 Å². The van der Waals surface area contributed by atoms with E-state index in [4.69, 9.17) is 4.74 Å². The smallest absolute Gasteiger partial charge is 0.331 e. The highest BCUT2D eigenvalue weighted by Crippen LogP contribution is 2.76. The fourth-order valence-electron chi connectivity index (χ4n) is 10.5. The highest BCUT2D eigenvalue weighted by molar-refractivity contribution is 5.86. The number of aliphatic hydroxyl groups is 1. The molecule has 6 rings (SSSR count). The maximum atomic E-state index is 14.3. The summed E-state index contributed by atoms with van der Waals surface area (Å²) in [4.78, 5) is 26.1. The van der Waals surface area contributed by atoms with Crippen molar-refractivity contribution >= 4 is 11.9 Å². The number of allylic oxidation sites excluding steroid dienone is 2. The summed E-state index contributed by atoms with van der Waals surface area (Å²) in [5, 5.41) is 21.1. The molecule has 6 aliphatic rings. The topological polar surface area (TPSA) is 83.8 Å². The van der Waals surface area contributed by atoms with Crippen molar-refractivity contribution in [3.05, 3.63) is 23.3 Å². The summed E-state index contributed by atoms with van der Waals surface area (Å²) in [5.74, 6) is 0.546. The van der Waals surface area contributed by atoms with Crippen molar-refractivity contribution in [1.29, 1.82) is 0 Å². The van der Waals surface area contributed by atoms with Crippen LogP contribution in [0.2, 0.25) is 0 Å². The van der Waals surface area contributed by atoms with E-state index in [2.05, 4.69) is 27.4 Å². The normalized spacial score (nSPS) is 52.5. The van der Waals surface area contributed by atoms with Gasteiger partial charge in [-0.05, 0) is 113 Å². The highest BCUT2D eigenvalue weighted by Gasteiger charge is 2.75. The largest absolute Gasteiger partial charge is 0.478 e. The summed E-state index contributed by atoms with van der Waals surface area (Å²) in [7, 11) is 0. The number of carboxylic acid groups (broad SMARTS) is 1. The Balaban J connectivity index is 1.43. The number of carbonyl (C=O) groups excluding carboxylic acids is 1. The Bertz CT molecular complexity index is 1040. The summed E-state index contributed by atoms with van der Waals surface area (Å²) >= 11 is 0. The number of esters is 1. The van der Waals surface area contributed by atoms with Crippen molar-refractivity contribution in [3.8, 4) is 0 Å². The van der Waals surface area contributed by atoms with Gasteiger partial charge in [-0.3, -0.25) is 4.79 Å². The fraction of sp³-hybridized carbons (Fsp3) is 0.800. The van der Waals surface area contributed by atoms with Crippen LogP contribution in [-0.4, -0.2) is 33.4 Å². The van der Waals surface area contributed by atoms with E-state index in [0.717, 1.165) is 57.8 Å². The molecular weight excluding hydrogens is 440 g/mol. The van der Waals surface area contributed by atoms with Gasteiger partial charge >= 0.3 is 11.9 Å². The first kappa shape index (κ1) is 23.8. The van der Waals surface area contributed by atoms with Gasteiger partial charge in [0.15, 0.2) is 0 Å². The summed E-state index contributed by atoms with van der Waals surface area (Å²) < 4.78 is 6.60. The van der Waals surface area contributed by atoms with Gasteiger partial charge in [-0.1, -0.05) is 31.6 Å². The molecule has 1 heterocycles. The van der Waals surface area contributed by atoms with Crippen molar-refractivity contribution in [3.63, 3.8) is 0 Å². The van der Waals surface area contributed by atoms with E-state index in [0.29, 0.717) is 23.8 Å². The Morgan fingerprint density at radius 2 is 1.86 bits per heavy atom. The van der Waals surface area contributed by atoms with E-state index >= 15 is 0 Å². The lowest BCUT2D eigenvalue weighted by atomic mass is 9.54. The van der Waals surface area contributed by atoms with Crippen LogP contribution in [0.1, 0.15) is 91.9 Å². The lowest BCUT2D eigenvalue weighted by Crippen LogP contribution is -2.64. The van der Waals surface area contributed by atoms with Crippen molar-refractivity contribution in [1.82, 2.24) is 0 Å². The number of hydrogen-bond donors (Lipinski definition) is 2. The molecule has 0 radical (unpaired) electrons. The summed E-state index contributed by atoms with van der Waals surface area (Å²) in [5.41, 5.74) is 0.844. The van der Waals surface area contributed by atoms with Crippen LogP contribution in [0, 0.1) is 46.3 Å². The molecule has 192 valence electrons. The van der Waals surface area contributed by atoms with Crippen LogP contribution in [0.4, 0.5) is 0 Å². The number of carbonyl (C=O) groups is 2. The van der Waals surface area contributed by atoms with Gasteiger partial charge in [-0.15, -0.1) is 0 Å². The maximum Gasteiger partial charge on any atom is 0.331 e. The van der Waals surface area contributed by atoms with Gasteiger partial charge in [0.25, 0.3) is 0 Å². The number of carboxylic acids is 1. The molecule has 2 N–H and O–H groups in total. The molecular formula is C30H42O5. The van der Waals surface area contributed by atoms with E-state index < -0.39 is 22.6 Å². The summed E-state index contributed by atoms with van der Waals surface area (Å²) in [6.45, 7) is 12.7. The Morgan fingerprint density at radius 3 is 2.57 bits per heavy atom. The summed E-state index contributed by atoms with van der Waals surface area (Å²) in [6.07, 6.45) is 8.98. The molecule has 5 heteroatoms. The zero-order valence-corrected chi connectivity index (χ0v) is 21.9. The van der Waals surface area contributed by atoms with Crippen LogP contribution >= 0.6 is 0 Å². The Morgan fingerprint density at radius 1 is 1.11 bits per heavy atom. The first-order valence-corrected chi connectivity index (χ1v) is 14.0. The third-order valence-corrected chi connectivity index (χ3v) is 12.6. The van der Waals surface area contributed by atoms with Gasteiger partial charge in [0, 0.05) is 11.5 Å². The van der Waals surface area contributed by atoms with Crippen LogP contribution in [-0.2, 0) is 14.3 Å². The molecule has 4 saturated carbocycles. The molecule has 0 aromatic heterocycles. The van der Waals surface area contributed by atoms with Gasteiger partial charge in [-0.2, -0.15) is 0 Å². The third kappa shape index (κ3) is 2.74. The van der Waals surface area contributed by atoms with Gasteiger partial charge in [0.05, 0.1) is 5.41 Å². The van der Waals surface area contributed by atoms with Crippen molar-refractivity contribution in [2.45, 2.75) is 103 Å². The van der Waals surface area contributed by atoms with Crippen molar-refractivity contribution in [2.24, 2.45) is 46.3 Å². The predicted molar refractivity (Wildman–Crippen MR) is 132 cm³/mol. The Kier molecular flexibility index (Phi) is 4.91. The third-order valence-electron chi connectivity index (χ3n) is 12.6.